The lowest BCUT2D eigenvalue weighted by molar-refractivity contribution is -0.111. The minimum Gasteiger partial charge on any atom is -0.495 e. The Morgan fingerprint density at radius 1 is 1.03 bits per heavy atom. The van der Waals surface area contributed by atoms with Gasteiger partial charge in [-0.2, -0.15) is 4.31 Å². The summed E-state index contributed by atoms with van der Waals surface area (Å²) in [7, 11) is -0.991. The topological polar surface area (TPSA) is 102 Å². The first-order chi connectivity index (χ1) is 15.3. The van der Waals surface area contributed by atoms with Crippen molar-refractivity contribution in [2.45, 2.75) is 24.2 Å². The molecular weight excluding hydrogens is 432 g/mol. The van der Waals surface area contributed by atoms with Crippen LogP contribution in [0.5, 0.6) is 5.75 Å². The molecule has 2 aromatic carbocycles. The van der Waals surface area contributed by atoms with Crippen LogP contribution in [0.15, 0.2) is 53.4 Å². The zero-order chi connectivity index (χ0) is 23.1. The van der Waals surface area contributed by atoms with E-state index >= 15 is 0 Å². The monoisotopic (exact) mass is 458 g/mol. The zero-order valence-corrected chi connectivity index (χ0v) is 18.9. The highest BCUT2D eigenvalue weighted by molar-refractivity contribution is 7.89. The highest BCUT2D eigenvalue weighted by Crippen LogP contribution is 2.30. The van der Waals surface area contributed by atoms with Gasteiger partial charge in [0.25, 0.3) is 0 Å². The second kappa shape index (κ2) is 10.4. The van der Waals surface area contributed by atoms with Crippen molar-refractivity contribution in [1.29, 1.82) is 0 Å². The number of anilines is 1. The summed E-state index contributed by atoms with van der Waals surface area (Å²) in [6.45, 7) is 0.969. The van der Waals surface area contributed by atoms with Crippen LogP contribution < -0.4 is 10.1 Å². The van der Waals surface area contributed by atoms with Gasteiger partial charge in [0.15, 0.2) is 0 Å². The third-order valence-corrected chi connectivity index (χ3v) is 7.02. The summed E-state index contributed by atoms with van der Waals surface area (Å²) in [4.78, 5) is 24.0. The molecule has 1 saturated heterocycles. The van der Waals surface area contributed by atoms with Crippen molar-refractivity contribution < 1.29 is 27.5 Å². The van der Waals surface area contributed by atoms with Gasteiger partial charge in [-0.15, -0.1) is 0 Å². The minimum atomic E-state index is -3.70. The van der Waals surface area contributed by atoms with Crippen LogP contribution in [0, 0.1) is 0 Å². The summed E-state index contributed by atoms with van der Waals surface area (Å²) in [5.41, 5.74) is 1.29. The summed E-state index contributed by atoms with van der Waals surface area (Å²) in [5.74, 6) is -0.669. The molecule has 0 saturated carbocycles. The number of carbonyl (C=O) groups excluding carboxylic acids is 2. The molecule has 1 heterocycles. The van der Waals surface area contributed by atoms with Crippen molar-refractivity contribution in [2.75, 3.05) is 32.6 Å². The Morgan fingerprint density at radius 3 is 2.47 bits per heavy atom. The number of benzene rings is 2. The number of nitrogens with one attached hydrogen (secondary N) is 1. The lowest BCUT2D eigenvalue weighted by Gasteiger charge is -2.26. The van der Waals surface area contributed by atoms with E-state index in [9.17, 15) is 18.0 Å². The summed E-state index contributed by atoms with van der Waals surface area (Å²) >= 11 is 0. The average molecular weight is 459 g/mol. The molecule has 32 heavy (non-hydrogen) atoms. The first kappa shape index (κ1) is 23.5. The third kappa shape index (κ3) is 5.54. The van der Waals surface area contributed by atoms with Crippen molar-refractivity contribution in [2.24, 2.45) is 0 Å². The van der Waals surface area contributed by atoms with E-state index in [0.717, 1.165) is 19.3 Å². The number of piperidine rings is 1. The van der Waals surface area contributed by atoms with Crippen molar-refractivity contribution in [3.05, 3.63) is 59.7 Å². The van der Waals surface area contributed by atoms with Crippen LogP contribution in [-0.2, 0) is 19.6 Å². The highest BCUT2D eigenvalue weighted by Gasteiger charge is 2.29. The zero-order valence-electron chi connectivity index (χ0n) is 18.0. The summed E-state index contributed by atoms with van der Waals surface area (Å²) in [6.07, 6.45) is 5.50. The van der Waals surface area contributed by atoms with Gasteiger partial charge in [-0.25, -0.2) is 13.2 Å². The molecule has 0 unspecified atom stereocenters. The summed E-state index contributed by atoms with van der Waals surface area (Å²) < 4.78 is 37.7. The van der Waals surface area contributed by atoms with Gasteiger partial charge in [-0.05, 0) is 54.8 Å². The molecule has 0 bridgehead atoms. The Hall–Kier alpha value is -3.17. The van der Waals surface area contributed by atoms with E-state index in [1.54, 1.807) is 30.3 Å². The number of hydrogen-bond donors (Lipinski definition) is 1. The number of nitrogens with zero attached hydrogens (tertiary/aromatic N) is 1. The maximum Gasteiger partial charge on any atom is 0.337 e. The molecular formula is C23H26N2O6S. The fraction of sp³-hybridized carbons (Fsp3) is 0.304. The van der Waals surface area contributed by atoms with Gasteiger partial charge in [-0.1, -0.05) is 18.6 Å². The Balaban J connectivity index is 1.78. The van der Waals surface area contributed by atoms with E-state index in [1.165, 1.54) is 42.8 Å². The van der Waals surface area contributed by atoms with E-state index in [-0.39, 0.29) is 10.6 Å². The maximum absolute atomic E-state index is 13.1. The summed E-state index contributed by atoms with van der Waals surface area (Å²) in [5, 5.41) is 2.67. The van der Waals surface area contributed by atoms with E-state index < -0.39 is 21.9 Å². The number of esters is 1. The Labute approximate surface area is 187 Å². The molecule has 0 aromatic heterocycles. The second-order valence-corrected chi connectivity index (χ2v) is 9.18. The quantitative estimate of drug-likeness (QED) is 0.505. The van der Waals surface area contributed by atoms with Gasteiger partial charge >= 0.3 is 5.97 Å². The SMILES string of the molecule is COC(=O)c1cccc(NC(=O)C=Cc2ccc(OC)c(S(=O)(=O)N3CCCCC3)c2)c1. The molecule has 9 heteroatoms. The van der Waals surface area contributed by atoms with Gasteiger partial charge in [0, 0.05) is 24.9 Å². The molecule has 3 rings (SSSR count). The largest absolute Gasteiger partial charge is 0.495 e. The predicted octanol–water partition coefficient (Wildman–Crippen LogP) is 3.31. The molecule has 1 aliphatic heterocycles. The number of ether oxygens (including phenoxy) is 2. The van der Waals surface area contributed by atoms with E-state index in [0.29, 0.717) is 29.9 Å². The van der Waals surface area contributed by atoms with Crippen molar-refractivity contribution in [3.8, 4) is 5.75 Å². The first-order valence-electron chi connectivity index (χ1n) is 10.2. The highest BCUT2D eigenvalue weighted by atomic mass is 32.2. The molecule has 0 aliphatic carbocycles. The Kier molecular flexibility index (Phi) is 7.66. The van der Waals surface area contributed by atoms with Crippen LogP contribution >= 0.6 is 0 Å². The minimum absolute atomic E-state index is 0.0789. The Morgan fingerprint density at radius 2 is 1.78 bits per heavy atom. The molecule has 1 fully saturated rings. The van der Waals surface area contributed by atoms with Gasteiger partial charge in [-0.3, -0.25) is 4.79 Å². The van der Waals surface area contributed by atoms with E-state index in [1.807, 2.05) is 0 Å². The van der Waals surface area contributed by atoms with E-state index in [4.69, 9.17) is 4.74 Å². The number of sulfonamides is 1. The predicted molar refractivity (Wildman–Crippen MR) is 121 cm³/mol. The number of amides is 1. The van der Waals surface area contributed by atoms with Crippen molar-refractivity contribution >= 4 is 33.7 Å². The van der Waals surface area contributed by atoms with E-state index in [2.05, 4.69) is 10.1 Å². The summed E-state index contributed by atoms with van der Waals surface area (Å²) in [6, 6.07) is 11.1. The lowest BCUT2D eigenvalue weighted by atomic mass is 10.2. The molecule has 0 spiro atoms. The van der Waals surface area contributed by atoms with Crippen LogP contribution in [0.3, 0.4) is 0 Å². The second-order valence-electron chi connectivity index (χ2n) is 7.27. The average Bonchev–Trinajstić information content (AvgIpc) is 2.82. The fourth-order valence-electron chi connectivity index (χ4n) is 3.44. The van der Waals surface area contributed by atoms with Gasteiger partial charge < -0.3 is 14.8 Å². The van der Waals surface area contributed by atoms with Gasteiger partial charge in [0.2, 0.25) is 15.9 Å². The maximum atomic E-state index is 13.1. The molecule has 1 N–H and O–H groups in total. The smallest absolute Gasteiger partial charge is 0.337 e. The van der Waals surface area contributed by atoms with Crippen molar-refractivity contribution in [3.63, 3.8) is 0 Å². The van der Waals surface area contributed by atoms with Crippen molar-refractivity contribution in [1.82, 2.24) is 4.31 Å². The first-order valence-corrected chi connectivity index (χ1v) is 11.6. The van der Waals surface area contributed by atoms with Crippen LogP contribution in [0.25, 0.3) is 6.08 Å². The number of carbonyl (C=O) groups is 2. The molecule has 1 aliphatic rings. The third-order valence-electron chi connectivity index (χ3n) is 5.10. The number of rotatable bonds is 7. The van der Waals surface area contributed by atoms with Crippen LogP contribution in [-0.4, -0.2) is 51.9 Å². The number of methoxy groups -OCH3 is 2. The molecule has 170 valence electrons. The normalized spacial score (nSPS) is 14.8. The molecule has 0 radical (unpaired) electrons. The van der Waals surface area contributed by atoms with Crippen LogP contribution in [0.4, 0.5) is 5.69 Å². The molecule has 8 nitrogen and oxygen atoms in total. The number of hydrogen-bond acceptors (Lipinski definition) is 6. The van der Waals surface area contributed by atoms with Gasteiger partial charge in [0.1, 0.15) is 10.6 Å². The van der Waals surface area contributed by atoms with Gasteiger partial charge in [0.05, 0.1) is 19.8 Å². The lowest BCUT2D eigenvalue weighted by Crippen LogP contribution is -2.35. The molecule has 2 aromatic rings. The fourth-order valence-corrected chi connectivity index (χ4v) is 5.15. The molecule has 0 atom stereocenters. The standard InChI is InChI=1S/C23H26N2O6S/c1-30-20-11-9-17(15-21(20)32(28,29)25-13-4-3-5-14-25)10-12-22(26)24-19-8-6-7-18(16-19)23(27)31-2/h6-12,15-16H,3-5,13-14H2,1-2H3,(H,24,26). The Bertz CT molecular complexity index is 1120. The van der Waals surface area contributed by atoms with Crippen LogP contribution in [0.2, 0.25) is 0 Å². The molecule has 1 amide bonds. The van der Waals surface area contributed by atoms with Crippen LogP contribution in [0.1, 0.15) is 35.2 Å².